The van der Waals surface area contributed by atoms with E-state index in [1.165, 1.54) is 37.9 Å². The summed E-state index contributed by atoms with van der Waals surface area (Å²) in [4.78, 5) is 14.5. The van der Waals surface area contributed by atoms with Crippen LogP contribution in [0.25, 0.3) is 0 Å². The van der Waals surface area contributed by atoms with Crippen molar-refractivity contribution in [3.8, 4) is 0 Å². The van der Waals surface area contributed by atoms with Gasteiger partial charge in [-0.05, 0) is 51.4 Å². The topological polar surface area (TPSA) is 32.3 Å². The molecular formula is C16H24N2O. The molecule has 1 aliphatic heterocycles. The van der Waals surface area contributed by atoms with E-state index in [4.69, 9.17) is 0 Å². The molecular weight excluding hydrogens is 236 g/mol. The zero-order valence-corrected chi connectivity index (χ0v) is 12.0. The van der Waals surface area contributed by atoms with Crippen molar-refractivity contribution in [1.29, 1.82) is 0 Å². The van der Waals surface area contributed by atoms with Crippen molar-refractivity contribution in [2.45, 2.75) is 33.1 Å². The molecule has 1 N–H and O–H groups in total. The summed E-state index contributed by atoms with van der Waals surface area (Å²) in [6.07, 6.45) is 3.95. The fourth-order valence-corrected chi connectivity index (χ4v) is 2.67. The first-order valence-electron chi connectivity index (χ1n) is 7.24. The van der Waals surface area contributed by atoms with Crippen LogP contribution in [-0.2, 0) is 0 Å². The summed E-state index contributed by atoms with van der Waals surface area (Å²) in [5.74, 6) is 0.0505. The number of carbonyl (C=O) groups excluding carboxylic acids is 1. The second kappa shape index (κ2) is 6.71. The Morgan fingerprint density at radius 2 is 1.95 bits per heavy atom. The lowest BCUT2D eigenvalue weighted by molar-refractivity contribution is 0.0946. The van der Waals surface area contributed by atoms with Gasteiger partial charge in [-0.3, -0.25) is 4.79 Å². The highest BCUT2D eigenvalue weighted by Gasteiger charge is 2.11. The van der Waals surface area contributed by atoms with E-state index in [2.05, 4.69) is 16.3 Å². The minimum atomic E-state index is 0.0505. The highest BCUT2D eigenvalue weighted by molar-refractivity contribution is 5.95. The van der Waals surface area contributed by atoms with E-state index < -0.39 is 0 Å². The van der Waals surface area contributed by atoms with Crippen molar-refractivity contribution in [2.24, 2.45) is 0 Å². The first kappa shape index (κ1) is 14.1. The zero-order valence-electron chi connectivity index (χ0n) is 12.0. The summed E-state index contributed by atoms with van der Waals surface area (Å²) in [6.45, 7) is 8.11. The van der Waals surface area contributed by atoms with Crippen molar-refractivity contribution >= 4 is 5.91 Å². The maximum Gasteiger partial charge on any atom is 0.251 e. The minimum absolute atomic E-state index is 0.0505. The van der Waals surface area contributed by atoms with E-state index in [9.17, 15) is 4.79 Å². The number of carbonyl (C=O) groups is 1. The second-order valence-corrected chi connectivity index (χ2v) is 5.48. The first-order valence-corrected chi connectivity index (χ1v) is 7.24. The van der Waals surface area contributed by atoms with Crippen LogP contribution < -0.4 is 5.32 Å². The molecule has 0 saturated carbocycles. The summed E-state index contributed by atoms with van der Waals surface area (Å²) in [5, 5.41) is 3.03. The zero-order chi connectivity index (χ0) is 13.7. The smallest absolute Gasteiger partial charge is 0.251 e. The van der Waals surface area contributed by atoms with Crippen molar-refractivity contribution in [3.05, 3.63) is 34.9 Å². The molecule has 0 bridgehead atoms. The number of nitrogens with one attached hydrogen (secondary N) is 1. The molecule has 0 aromatic heterocycles. The molecule has 1 heterocycles. The second-order valence-electron chi connectivity index (χ2n) is 5.48. The van der Waals surface area contributed by atoms with Gasteiger partial charge in [-0.2, -0.15) is 0 Å². The molecule has 1 fully saturated rings. The third-order valence-corrected chi connectivity index (χ3v) is 3.79. The van der Waals surface area contributed by atoms with Gasteiger partial charge in [0.25, 0.3) is 5.91 Å². The largest absolute Gasteiger partial charge is 0.351 e. The number of hydrogen-bond donors (Lipinski definition) is 1. The van der Waals surface area contributed by atoms with Crippen LogP contribution in [0.3, 0.4) is 0 Å². The first-order chi connectivity index (χ1) is 9.16. The molecule has 0 radical (unpaired) electrons. The maximum atomic E-state index is 12.1. The van der Waals surface area contributed by atoms with Crippen LogP contribution in [0.5, 0.6) is 0 Å². The Hall–Kier alpha value is -1.35. The van der Waals surface area contributed by atoms with Crippen molar-refractivity contribution in [2.75, 3.05) is 26.2 Å². The fraction of sp³-hybridized carbons (Fsp3) is 0.562. The Balaban J connectivity index is 1.80. The van der Waals surface area contributed by atoms with Crippen molar-refractivity contribution in [1.82, 2.24) is 10.2 Å². The number of aryl methyl sites for hydroxylation is 2. The van der Waals surface area contributed by atoms with Gasteiger partial charge in [-0.15, -0.1) is 0 Å². The Kier molecular flexibility index (Phi) is 4.97. The number of rotatable bonds is 4. The molecule has 104 valence electrons. The number of nitrogens with zero attached hydrogens (tertiary/aromatic N) is 1. The third kappa shape index (κ3) is 4.06. The lowest BCUT2D eigenvalue weighted by atomic mass is 10.1. The standard InChI is InChI=1S/C16H24N2O/c1-13-6-7-15(14(2)12-13)16(19)17-8-11-18-9-4-3-5-10-18/h6-7,12H,3-5,8-11H2,1-2H3,(H,17,19). The summed E-state index contributed by atoms with van der Waals surface area (Å²) in [7, 11) is 0. The normalized spacial score (nSPS) is 16.3. The van der Waals surface area contributed by atoms with Crippen LogP contribution in [0.2, 0.25) is 0 Å². The molecule has 19 heavy (non-hydrogen) atoms. The molecule has 3 heteroatoms. The average molecular weight is 260 g/mol. The third-order valence-electron chi connectivity index (χ3n) is 3.79. The molecule has 0 atom stereocenters. The molecule has 1 aromatic rings. The van der Waals surface area contributed by atoms with Gasteiger partial charge in [-0.1, -0.05) is 24.1 Å². The Bertz CT molecular complexity index is 436. The maximum absolute atomic E-state index is 12.1. The molecule has 1 saturated heterocycles. The molecule has 1 aromatic carbocycles. The van der Waals surface area contributed by atoms with Crippen molar-refractivity contribution in [3.63, 3.8) is 0 Å². The minimum Gasteiger partial charge on any atom is -0.351 e. The van der Waals surface area contributed by atoms with Crippen LogP contribution in [0.4, 0.5) is 0 Å². The molecule has 3 nitrogen and oxygen atoms in total. The molecule has 1 aliphatic rings. The molecule has 0 spiro atoms. The number of amides is 1. The van der Waals surface area contributed by atoms with Crippen LogP contribution >= 0.6 is 0 Å². The van der Waals surface area contributed by atoms with Gasteiger partial charge in [0.1, 0.15) is 0 Å². The van der Waals surface area contributed by atoms with Crippen LogP contribution in [0.15, 0.2) is 18.2 Å². The fourth-order valence-electron chi connectivity index (χ4n) is 2.67. The summed E-state index contributed by atoms with van der Waals surface area (Å²) >= 11 is 0. The lowest BCUT2D eigenvalue weighted by Crippen LogP contribution is -2.37. The monoisotopic (exact) mass is 260 g/mol. The van der Waals surface area contributed by atoms with Gasteiger partial charge in [-0.25, -0.2) is 0 Å². The van der Waals surface area contributed by atoms with E-state index in [0.29, 0.717) is 0 Å². The van der Waals surface area contributed by atoms with E-state index in [-0.39, 0.29) is 5.91 Å². The quantitative estimate of drug-likeness (QED) is 0.902. The molecule has 2 rings (SSSR count). The SMILES string of the molecule is Cc1ccc(C(=O)NCCN2CCCCC2)c(C)c1. The Labute approximate surface area is 116 Å². The van der Waals surface area contributed by atoms with E-state index in [1.54, 1.807) is 0 Å². The van der Waals surface area contributed by atoms with Gasteiger partial charge in [0.2, 0.25) is 0 Å². The van der Waals surface area contributed by atoms with Gasteiger partial charge >= 0.3 is 0 Å². The van der Waals surface area contributed by atoms with Crippen LogP contribution in [0, 0.1) is 13.8 Å². The van der Waals surface area contributed by atoms with Gasteiger partial charge < -0.3 is 10.2 Å². The Morgan fingerprint density at radius 3 is 2.63 bits per heavy atom. The Morgan fingerprint density at radius 1 is 1.21 bits per heavy atom. The summed E-state index contributed by atoms with van der Waals surface area (Å²) in [6, 6.07) is 5.97. The summed E-state index contributed by atoms with van der Waals surface area (Å²) < 4.78 is 0. The van der Waals surface area contributed by atoms with Gasteiger partial charge in [0, 0.05) is 18.7 Å². The number of hydrogen-bond acceptors (Lipinski definition) is 2. The predicted molar refractivity (Wildman–Crippen MR) is 78.5 cm³/mol. The van der Waals surface area contributed by atoms with Crippen LogP contribution in [-0.4, -0.2) is 37.0 Å². The van der Waals surface area contributed by atoms with Crippen LogP contribution in [0.1, 0.15) is 40.7 Å². The highest BCUT2D eigenvalue weighted by Crippen LogP contribution is 2.10. The molecule has 0 aliphatic carbocycles. The van der Waals surface area contributed by atoms with E-state index in [1.807, 2.05) is 26.0 Å². The number of benzene rings is 1. The van der Waals surface area contributed by atoms with Gasteiger partial charge in [0.15, 0.2) is 0 Å². The van der Waals surface area contributed by atoms with Crippen molar-refractivity contribution < 1.29 is 4.79 Å². The number of likely N-dealkylation sites (tertiary alicyclic amines) is 1. The van der Waals surface area contributed by atoms with Gasteiger partial charge in [0.05, 0.1) is 0 Å². The van der Waals surface area contributed by atoms with E-state index in [0.717, 1.165) is 24.2 Å². The average Bonchev–Trinajstić information content (AvgIpc) is 2.39. The summed E-state index contributed by atoms with van der Waals surface area (Å²) in [5.41, 5.74) is 3.04. The molecule has 0 unspecified atom stereocenters. The predicted octanol–water partition coefficient (Wildman–Crippen LogP) is 2.52. The lowest BCUT2D eigenvalue weighted by Gasteiger charge is -2.26. The van der Waals surface area contributed by atoms with E-state index >= 15 is 0 Å². The molecule has 1 amide bonds. The highest BCUT2D eigenvalue weighted by atomic mass is 16.1. The number of piperidine rings is 1.